The Hall–Kier alpha value is -0.900. The number of hydrogen-bond donors (Lipinski definition) is 0. The maximum Gasteiger partial charge on any atom is 0.165 e. The van der Waals surface area contributed by atoms with Crippen LogP contribution in [0.1, 0.15) is 37.7 Å². The minimum absolute atomic E-state index is 0.0891. The number of rotatable bonds is 4. The second-order valence-corrected chi connectivity index (χ2v) is 6.97. The maximum absolute atomic E-state index is 6.21. The average molecular weight is 290 g/mol. The molecule has 2 saturated heterocycles. The van der Waals surface area contributed by atoms with E-state index in [0.29, 0.717) is 5.92 Å². The molecule has 1 aromatic carbocycles. The van der Waals surface area contributed by atoms with E-state index in [9.17, 15) is 0 Å². The Morgan fingerprint density at radius 1 is 1.14 bits per heavy atom. The van der Waals surface area contributed by atoms with E-state index in [1.54, 1.807) is 0 Å². The van der Waals surface area contributed by atoms with Gasteiger partial charge in [-0.05, 0) is 24.8 Å². The Kier molecular flexibility index (Phi) is 4.63. The van der Waals surface area contributed by atoms with Gasteiger partial charge in [0.25, 0.3) is 0 Å². The molecule has 0 amide bonds. The molecule has 2 fully saturated rings. The number of nitrogens with zero attached hydrogens (tertiary/aromatic N) is 1. The van der Waals surface area contributed by atoms with Crippen molar-refractivity contribution in [2.24, 2.45) is 0 Å². The molecule has 0 aliphatic carbocycles. The van der Waals surface area contributed by atoms with Gasteiger partial charge < -0.3 is 14.0 Å². The lowest BCUT2D eigenvalue weighted by Crippen LogP contribution is -2.52. The predicted octanol–water partition coefficient (Wildman–Crippen LogP) is 3.16. The summed E-state index contributed by atoms with van der Waals surface area (Å²) in [5.74, 6) is 0.294. The van der Waals surface area contributed by atoms with Gasteiger partial charge in [0, 0.05) is 5.92 Å². The van der Waals surface area contributed by atoms with Crippen molar-refractivity contribution in [3.05, 3.63) is 35.9 Å². The Bertz CT molecular complexity index is 442. The first kappa shape index (κ1) is 15.0. The highest BCUT2D eigenvalue weighted by molar-refractivity contribution is 5.19. The molecule has 2 aliphatic rings. The van der Waals surface area contributed by atoms with Crippen molar-refractivity contribution in [2.75, 3.05) is 33.3 Å². The van der Waals surface area contributed by atoms with Gasteiger partial charge in [-0.15, -0.1) is 0 Å². The molecule has 0 saturated carbocycles. The van der Waals surface area contributed by atoms with Crippen molar-refractivity contribution in [3.8, 4) is 0 Å². The van der Waals surface area contributed by atoms with Gasteiger partial charge in [0.2, 0.25) is 0 Å². The summed E-state index contributed by atoms with van der Waals surface area (Å²) in [7, 11) is 2.37. The van der Waals surface area contributed by atoms with E-state index in [-0.39, 0.29) is 12.4 Å². The van der Waals surface area contributed by atoms with Crippen LogP contribution in [0.5, 0.6) is 0 Å². The third kappa shape index (κ3) is 3.65. The summed E-state index contributed by atoms with van der Waals surface area (Å²) >= 11 is 0. The van der Waals surface area contributed by atoms with Gasteiger partial charge in [0.1, 0.15) is 12.6 Å². The van der Waals surface area contributed by atoms with Crippen LogP contribution in [0, 0.1) is 0 Å². The fourth-order valence-electron chi connectivity index (χ4n) is 3.69. The largest absolute Gasteiger partial charge is 0.349 e. The second kappa shape index (κ2) is 6.47. The number of ether oxygens (including phenoxy) is 2. The van der Waals surface area contributed by atoms with Crippen LogP contribution in [0.15, 0.2) is 30.3 Å². The first-order chi connectivity index (χ1) is 10.2. The van der Waals surface area contributed by atoms with Crippen molar-refractivity contribution in [1.29, 1.82) is 0 Å². The van der Waals surface area contributed by atoms with E-state index in [1.165, 1.54) is 37.9 Å². The highest BCUT2D eigenvalue weighted by Crippen LogP contribution is 2.28. The summed E-state index contributed by atoms with van der Waals surface area (Å²) in [6.07, 6.45) is 4.27. The van der Waals surface area contributed by atoms with E-state index in [2.05, 4.69) is 44.3 Å². The van der Waals surface area contributed by atoms with E-state index in [4.69, 9.17) is 9.47 Å². The average Bonchev–Trinajstić information content (AvgIpc) is 2.96. The molecule has 2 heterocycles. The van der Waals surface area contributed by atoms with Crippen LogP contribution in [0.25, 0.3) is 0 Å². The van der Waals surface area contributed by atoms with Gasteiger partial charge in [-0.3, -0.25) is 0 Å². The summed E-state index contributed by atoms with van der Waals surface area (Å²) in [6.45, 7) is 6.62. The van der Waals surface area contributed by atoms with Crippen LogP contribution in [0.4, 0.5) is 0 Å². The molecule has 2 aliphatic heterocycles. The second-order valence-electron chi connectivity index (χ2n) is 6.97. The Balaban J connectivity index is 1.55. The monoisotopic (exact) mass is 290 g/mol. The summed E-state index contributed by atoms with van der Waals surface area (Å²) in [5, 5.41) is 0. The number of likely N-dealkylation sites (tertiary alicyclic amines) is 1. The van der Waals surface area contributed by atoms with Crippen LogP contribution in [0.3, 0.4) is 0 Å². The molecule has 3 atom stereocenters. The molecule has 3 nitrogen and oxygen atoms in total. The fourth-order valence-corrected chi connectivity index (χ4v) is 3.69. The lowest BCUT2D eigenvalue weighted by molar-refractivity contribution is -0.916. The Morgan fingerprint density at radius 2 is 1.86 bits per heavy atom. The molecular formula is C18H28NO2+. The number of hydrogen-bond acceptors (Lipinski definition) is 2. The zero-order valence-electron chi connectivity index (χ0n) is 13.3. The highest BCUT2D eigenvalue weighted by Gasteiger charge is 2.36. The van der Waals surface area contributed by atoms with Gasteiger partial charge in [-0.25, -0.2) is 0 Å². The molecule has 0 radical (unpaired) electrons. The molecule has 0 unspecified atom stereocenters. The number of benzene rings is 1. The number of piperidine rings is 1. The summed E-state index contributed by atoms with van der Waals surface area (Å²) in [5.41, 5.74) is 1.29. The van der Waals surface area contributed by atoms with Gasteiger partial charge in [-0.1, -0.05) is 37.3 Å². The maximum atomic E-state index is 6.21. The molecule has 0 bridgehead atoms. The Morgan fingerprint density at radius 3 is 2.57 bits per heavy atom. The smallest absolute Gasteiger partial charge is 0.165 e. The van der Waals surface area contributed by atoms with E-state index < -0.39 is 0 Å². The molecular weight excluding hydrogens is 262 g/mol. The fraction of sp³-hybridized carbons (Fsp3) is 0.667. The normalized spacial score (nSPS) is 30.2. The van der Waals surface area contributed by atoms with Crippen LogP contribution in [0.2, 0.25) is 0 Å². The summed E-state index contributed by atoms with van der Waals surface area (Å²) in [4.78, 5) is 0. The van der Waals surface area contributed by atoms with Crippen LogP contribution in [-0.2, 0) is 9.47 Å². The van der Waals surface area contributed by atoms with Crippen molar-refractivity contribution in [3.63, 3.8) is 0 Å². The Labute approximate surface area is 128 Å². The zero-order chi connectivity index (χ0) is 14.7. The molecule has 0 aromatic heterocycles. The molecule has 3 rings (SSSR count). The van der Waals surface area contributed by atoms with Gasteiger partial charge in [0.15, 0.2) is 6.29 Å². The standard InChI is InChI=1S/C18H28NO2/c1-15(16-9-5-3-6-10-16)18-20-14-17(21-18)13-19(2)11-7-4-8-12-19/h3,5-6,9-10,15,17-18H,4,7-8,11-14H2,1-2H3/q+1/t15-,17-,18+/m1/s1. The zero-order valence-corrected chi connectivity index (χ0v) is 13.3. The van der Waals surface area contributed by atoms with Crippen molar-refractivity contribution in [1.82, 2.24) is 0 Å². The minimum Gasteiger partial charge on any atom is -0.349 e. The SMILES string of the molecule is C[C@H](c1ccccc1)[C@H]1OC[C@@H](C[N+]2(C)CCCCC2)O1. The topological polar surface area (TPSA) is 18.5 Å². The number of likely N-dealkylation sites (N-methyl/N-ethyl adjacent to an activating group) is 1. The van der Waals surface area contributed by atoms with Crippen molar-refractivity contribution >= 4 is 0 Å². The minimum atomic E-state index is -0.0891. The lowest BCUT2D eigenvalue weighted by atomic mass is 10.0. The van der Waals surface area contributed by atoms with Crippen LogP contribution in [-0.4, -0.2) is 50.2 Å². The van der Waals surface area contributed by atoms with E-state index in [1.807, 2.05) is 0 Å². The third-order valence-electron chi connectivity index (χ3n) is 5.05. The predicted molar refractivity (Wildman–Crippen MR) is 84.1 cm³/mol. The van der Waals surface area contributed by atoms with E-state index >= 15 is 0 Å². The van der Waals surface area contributed by atoms with Crippen molar-refractivity contribution in [2.45, 2.75) is 44.5 Å². The van der Waals surface area contributed by atoms with Gasteiger partial charge in [-0.2, -0.15) is 0 Å². The lowest BCUT2D eigenvalue weighted by Gasteiger charge is -2.39. The molecule has 1 aromatic rings. The number of quaternary nitrogens is 1. The van der Waals surface area contributed by atoms with Crippen LogP contribution < -0.4 is 0 Å². The molecule has 21 heavy (non-hydrogen) atoms. The van der Waals surface area contributed by atoms with Gasteiger partial charge >= 0.3 is 0 Å². The van der Waals surface area contributed by atoms with Crippen LogP contribution >= 0.6 is 0 Å². The van der Waals surface area contributed by atoms with Crippen molar-refractivity contribution < 1.29 is 14.0 Å². The first-order valence-corrected chi connectivity index (χ1v) is 8.32. The summed E-state index contributed by atoms with van der Waals surface area (Å²) < 4.78 is 13.3. The third-order valence-corrected chi connectivity index (χ3v) is 5.05. The quantitative estimate of drug-likeness (QED) is 0.793. The highest BCUT2D eigenvalue weighted by atomic mass is 16.7. The first-order valence-electron chi connectivity index (χ1n) is 8.32. The molecule has 116 valence electrons. The molecule has 3 heteroatoms. The molecule has 0 spiro atoms. The van der Waals surface area contributed by atoms with E-state index in [0.717, 1.165) is 17.6 Å². The van der Waals surface area contributed by atoms with Gasteiger partial charge in [0.05, 0.1) is 26.7 Å². The summed E-state index contributed by atoms with van der Waals surface area (Å²) in [6, 6.07) is 10.5. The molecule has 0 N–H and O–H groups in total.